The maximum atomic E-state index is 3.69. The van der Waals surface area contributed by atoms with E-state index in [1.54, 1.807) is 0 Å². The second kappa shape index (κ2) is 7.53. The van der Waals surface area contributed by atoms with Gasteiger partial charge in [-0.05, 0) is 57.8 Å². The van der Waals surface area contributed by atoms with E-state index in [4.69, 9.17) is 0 Å². The van der Waals surface area contributed by atoms with Gasteiger partial charge >= 0.3 is 0 Å². The molecular weight excluding hydrogens is 204 g/mol. The Kier molecular flexibility index (Phi) is 6.69. The predicted octanol–water partition coefficient (Wildman–Crippen LogP) is 2.20. The molecule has 1 aliphatic carbocycles. The first-order valence-electron chi connectivity index (χ1n) is 6.21. The second-order valence-corrected chi connectivity index (χ2v) is 6.03. The van der Waals surface area contributed by atoms with Crippen molar-refractivity contribution in [3.05, 3.63) is 0 Å². The van der Waals surface area contributed by atoms with Crippen LogP contribution in [-0.2, 0) is 0 Å². The Morgan fingerprint density at radius 1 is 1.33 bits per heavy atom. The van der Waals surface area contributed by atoms with E-state index in [2.05, 4.69) is 31.2 Å². The zero-order valence-corrected chi connectivity index (χ0v) is 11.3. The highest BCUT2D eigenvalue weighted by Crippen LogP contribution is 2.22. The summed E-state index contributed by atoms with van der Waals surface area (Å²) < 4.78 is 0. The molecule has 2 atom stereocenters. The van der Waals surface area contributed by atoms with Gasteiger partial charge in [0, 0.05) is 12.1 Å². The van der Waals surface area contributed by atoms with Gasteiger partial charge in [-0.3, -0.25) is 0 Å². The van der Waals surface area contributed by atoms with E-state index < -0.39 is 0 Å². The largest absolute Gasteiger partial charge is 0.314 e. The molecule has 1 rings (SSSR count). The molecule has 15 heavy (non-hydrogen) atoms. The molecule has 0 aromatic rings. The van der Waals surface area contributed by atoms with Crippen molar-refractivity contribution in [1.82, 2.24) is 10.2 Å². The normalized spacial score (nSPS) is 26.4. The average Bonchev–Trinajstić information content (AvgIpc) is 2.66. The summed E-state index contributed by atoms with van der Waals surface area (Å²) in [5, 5.41) is 3.69. The van der Waals surface area contributed by atoms with Gasteiger partial charge in [0.1, 0.15) is 0 Å². The van der Waals surface area contributed by atoms with E-state index in [0.29, 0.717) is 0 Å². The summed E-state index contributed by atoms with van der Waals surface area (Å²) in [4.78, 5) is 2.37. The molecule has 0 amide bonds. The molecule has 2 nitrogen and oxygen atoms in total. The summed E-state index contributed by atoms with van der Waals surface area (Å²) >= 11 is 2.05. The maximum Gasteiger partial charge on any atom is 0.0105 e. The van der Waals surface area contributed by atoms with Crippen LogP contribution in [0.2, 0.25) is 0 Å². The lowest BCUT2D eigenvalue weighted by atomic mass is 10.2. The third-order valence-electron chi connectivity index (χ3n) is 3.24. The molecule has 1 aliphatic rings. The summed E-state index contributed by atoms with van der Waals surface area (Å²) in [5.41, 5.74) is 0. The van der Waals surface area contributed by atoms with Crippen LogP contribution in [0.5, 0.6) is 0 Å². The number of nitrogens with one attached hydrogen (secondary N) is 1. The van der Waals surface area contributed by atoms with Crippen LogP contribution < -0.4 is 5.32 Å². The summed E-state index contributed by atoms with van der Waals surface area (Å²) in [6.07, 6.45) is 5.40. The second-order valence-electron chi connectivity index (χ2n) is 4.63. The zero-order valence-electron chi connectivity index (χ0n) is 10.5. The molecule has 1 N–H and O–H groups in total. The molecule has 0 aromatic carbocycles. The van der Waals surface area contributed by atoms with Crippen molar-refractivity contribution in [3.8, 4) is 0 Å². The van der Waals surface area contributed by atoms with Crippen molar-refractivity contribution in [2.45, 2.75) is 44.7 Å². The van der Waals surface area contributed by atoms with Crippen LogP contribution in [0.4, 0.5) is 0 Å². The van der Waals surface area contributed by atoms with Crippen LogP contribution in [0, 0.1) is 0 Å². The highest BCUT2D eigenvalue weighted by Gasteiger charge is 2.24. The van der Waals surface area contributed by atoms with Gasteiger partial charge in [0.05, 0.1) is 0 Å². The van der Waals surface area contributed by atoms with Crippen LogP contribution in [-0.4, -0.2) is 49.1 Å². The number of hydrogen-bond acceptors (Lipinski definition) is 3. The molecule has 0 saturated heterocycles. The van der Waals surface area contributed by atoms with Crippen molar-refractivity contribution < 1.29 is 0 Å². The molecule has 3 heteroatoms. The Labute approximate surface area is 99.2 Å². The average molecular weight is 230 g/mol. The summed E-state index contributed by atoms with van der Waals surface area (Å²) in [5.74, 6) is 2.57. The van der Waals surface area contributed by atoms with Crippen molar-refractivity contribution in [3.63, 3.8) is 0 Å². The van der Waals surface area contributed by atoms with E-state index in [1.165, 1.54) is 43.7 Å². The monoisotopic (exact) mass is 230 g/mol. The van der Waals surface area contributed by atoms with Crippen molar-refractivity contribution >= 4 is 11.8 Å². The van der Waals surface area contributed by atoms with Gasteiger partial charge in [0.25, 0.3) is 0 Å². The lowest BCUT2D eigenvalue weighted by Crippen LogP contribution is -2.31. The molecule has 0 radical (unpaired) electrons. The Morgan fingerprint density at radius 2 is 2.13 bits per heavy atom. The van der Waals surface area contributed by atoms with E-state index in [0.717, 1.165) is 12.1 Å². The smallest absolute Gasteiger partial charge is 0.0105 e. The summed E-state index contributed by atoms with van der Waals surface area (Å²) in [6, 6.07) is 1.59. The minimum absolute atomic E-state index is 0.782. The zero-order chi connectivity index (χ0) is 11.1. The Bertz CT molecular complexity index is 162. The van der Waals surface area contributed by atoms with Gasteiger partial charge in [0.15, 0.2) is 0 Å². The molecule has 0 heterocycles. The molecule has 1 fully saturated rings. The van der Waals surface area contributed by atoms with Crippen LogP contribution >= 0.6 is 11.8 Å². The molecule has 1 saturated carbocycles. The van der Waals surface area contributed by atoms with Gasteiger partial charge < -0.3 is 10.2 Å². The Balaban J connectivity index is 1.99. The van der Waals surface area contributed by atoms with Gasteiger partial charge in [-0.1, -0.05) is 6.92 Å². The minimum atomic E-state index is 0.782. The lowest BCUT2D eigenvalue weighted by Gasteiger charge is -2.19. The minimum Gasteiger partial charge on any atom is -0.314 e. The van der Waals surface area contributed by atoms with E-state index >= 15 is 0 Å². The van der Waals surface area contributed by atoms with Crippen LogP contribution in [0.3, 0.4) is 0 Å². The van der Waals surface area contributed by atoms with E-state index in [1.807, 2.05) is 11.8 Å². The molecular formula is C12H26N2S. The fourth-order valence-electron chi connectivity index (χ4n) is 2.24. The first kappa shape index (κ1) is 13.3. The molecule has 0 aliphatic heterocycles. The maximum absolute atomic E-state index is 3.69. The number of rotatable bonds is 7. The van der Waals surface area contributed by atoms with E-state index in [-0.39, 0.29) is 0 Å². The standard InChI is InChI=1S/C12H26N2S/c1-4-15-9-5-8-13-11-6-7-12(10-11)14(2)3/h11-13H,4-10H2,1-3H3. The first-order chi connectivity index (χ1) is 7.24. The lowest BCUT2D eigenvalue weighted by molar-refractivity contribution is 0.293. The Morgan fingerprint density at radius 3 is 2.73 bits per heavy atom. The van der Waals surface area contributed by atoms with Crippen LogP contribution in [0.1, 0.15) is 32.6 Å². The van der Waals surface area contributed by atoms with Gasteiger partial charge in [-0.15, -0.1) is 0 Å². The topological polar surface area (TPSA) is 15.3 Å². The highest BCUT2D eigenvalue weighted by molar-refractivity contribution is 7.99. The molecule has 0 bridgehead atoms. The summed E-state index contributed by atoms with van der Waals surface area (Å²) in [6.45, 7) is 3.44. The predicted molar refractivity (Wildman–Crippen MR) is 70.7 cm³/mol. The highest BCUT2D eigenvalue weighted by atomic mass is 32.2. The summed E-state index contributed by atoms with van der Waals surface area (Å²) in [7, 11) is 4.40. The fourth-order valence-corrected chi connectivity index (χ4v) is 2.87. The molecule has 0 spiro atoms. The SMILES string of the molecule is CCSCCCNC1CCC(N(C)C)C1. The number of thioether (sulfide) groups is 1. The molecule has 0 aromatic heterocycles. The fraction of sp³-hybridized carbons (Fsp3) is 1.00. The number of nitrogens with zero attached hydrogens (tertiary/aromatic N) is 1. The molecule has 2 unspecified atom stereocenters. The van der Waals surface area contributed by atoms with E-state index in [9.17, 15) is 0 Å². The van der Waals surface area contributed by atoms with Gasteiger partial charge in [-0.25, -0.2) is 0 Å². The quantitative estimate of drug-likeness (QED) is 0.675. The van der Waals surface area contributed by atoms with Gasteiger partial charge in [0.2, 0.25) is 0 Å². The van der Waals surface area contributed by atoms with Crippen molar-refractivity contribution in [2.24, 2.45) is 0 Å². The molecule has 90 valence electrons. The van der Waals surface area contributed by atoms with Crippen LogP contribution in [0.25, 0.3) is 0 Å². The third-order valence-corrected chi connectivity index (χ3v) is 4.22. The van der Waals surface area contributed by atoms with Crippen molar-refractivity contribution in [1.29, 1.82) is 0 Å². The van der Waals surface area contributed by atoms with Crippen LogP contribution in [0.15, 0.2) is 0 Å². The third kappa shape index (κ3) is 5.23. The Hall–Kier alpha value is 0.270. The van der Waals surface area contributed by atoms with Crippen molar-refractivity contribution in [2.75, 3.05) is 32.1 Å². The first-order valence-corrected chi connectivity index (χ1v) is 7.37. The number of hydrogen-bond donors (Lipinski definition) is 1. The van der Waals surface area contributed by atoms with Gasteiger partial charge in [-0.2, -0.15) is 11.8 Å².